The Labute approximate surface area is 204 Å². The standard InChI is InChI=1S/C27H27Cl2NO3/c1-16-22(26(32)33-13-12-17-8-5-4-6-9-17)23(18-10-7-11-19(28)25(18)29)24-20(30-16)14-27(2,3)15-21(24)31/h4-11,23,30H,12-15H2,1-3H3. The van der Waals surface area contributed by atoms with Crippen molar-refractivity contribution in [2.75, 3.05) is 6.61 Å². The van der Waals surface area contributed by atoms with Gasteiger partial charge < -0.3 is 10.1 Å². The van der Waals surface area contributed by atoms with Gasteiger partial charge in [0.2, 0.25) is 0 Å². The van der Waals surface area contributed by atoms with Crippen molar-refractivity contribution in [3.63, 3.8) is 0 Å². The van der Waals surface area contributed by atoms with E-state index in [0.29, 0.717) is 51.7 Å². The number of carbonyl (C=O) groups excluding carboxylic acids is 2. The van der Waals surface area contributed by atoms with Gasteiger partial charge in [0.25, 0.3) is 0 Å². The zero-order chi connectivity index (χ0) is 23.8. The second-order valence-electron chi connectivity index (χ2n) is 9.44. The average Bonchev–Trinajstić information content (AvgIpc) is 2.74. The monoisotopic (exact) mass is 483 g/mol. The van der Waals surface area contributed by atoms with E-state index in [-0.39, 0.29) is 17.8 Å². The molecule has 0 radical (unpaired) electrons. The number of halogens is 2. The van der Waals surface area contributed by atoms with Crippen LogP contribution in [0.1, 0.15) is 50.7 Å². The van der Waals surface area contributed by atoms with E-state index in [4.69, 9.17) is 27.9 Å². The van der Waals surface area contributed by atoms with Gasteiger partial charge in [0.05, 0.1) is 22.2 Å². The maximum absolute atomic E-state index is 13.4. The Kier molecular flexibility index (Phi) is 6.69. The van der Waals surface area contributed by atoms with Gasteiger partial charge in [-0.1, -0.05) is 79.5 Å². The topological polar surface area (TPSA) is 55.4 Å². The van der Waals surface area contributed by atoms with E-state index in [1.165, 1.54) is 0 Å². The van der Waals surface area contributed by atoms with E-state index in [0.717, 1.165) is 11.3 Å². The van der Waals surface area contributed by atoms with Gasteiger partial charge in [0.1, 0.15) is 0 Å². The lowest BCUT2D eigenvalue weighted by Gasteiger charge is -2.39. The fourth-order valence-electron chi connectivity index (χ4n) is 4.75. The van der Waals surface area contributed by atoms with Crippen LogP contribution in [0.15, 0.2) is 71.1 Å². The van der Waals surface area contributed by atoms with Crippen LogP contribution in [0.4, 0.5) is 0 Å². The first-order valence-corrected chi connectivity index (χ1v) is 11.8. The summed E-state index contributed by atoms with van der Waals surface area (Å²) in [5.74, 6) is -1.07. The molecule has 0 saturated carbocycles. The van der Waals surface area contributed by atoms with Crippen molar-refractivity contribution in [2.45, 2.75) is 46.0 Å². The van der Waals surface area contributed by atoms with Gasteiger partial charge in [-0.25, -0.2) is 4.79 Å². The third-order valence-corrected chi connectivity index (χ3v) is 7.05. The Hall–Kier alpha value is -2.56. The highest BCUT2D eigenvalue weighted by Crippen LogP contribution is 2.48. The van der Waals surface area contributed by atoms with E-state index in [2.05, 4.69) is 19.2 Å². The number of esters is 1. The smallest absolute Gasteiger partial charge is 0.336 e. The number of hydrogen-bond acceptors (Lipinski definition) is 4. The molecule has 1 atom stereocenters. The number of benzene rings is 2. The van der Waals surface area contributed by atoms with Crippen LogP contribution in [0.3, 0.4) is 0 Å². The van der Waals surface area contributed by atoms with Crippen molar-refractivity contribution in [1.82, 2.24) is 5.32 Å². The molecule has 0 saturated heterocycles. The van der Waals surface area contributed by atoms with E-state index in [1.54, 1.807) is 12.1 Å². The number of ketones is 1. The van der Waals surface area contributed by atoms with Crippen molar-refractivity contribution >= 4 is 35.0 Å². The molecule has 1 unspecified atom stereocenters. The molecule has 0 amide bonds. The summed E-state index contributed by atoms with van der Waals surface area (Å²) in [6.07, 6.45) is 1.71. The van der Waals surface area contributed by atoms with E-state index in [9.17, 15) is 9.59 Å². The average molecular weight is 484 g/mol. The zero-order valence-corrected chi connectivity index (χ0v) is 20.5. The van der Waals surface area contributed by atoms with Gasteiger partial charge in [-0.15, -0.1) is 0 Å². The van der Waals surface area contributed by atoms with Crippen LogP contribution in [0.2, 0.25) is 10.0 Å². The molecule has 2 aromatic carbocycles. The lowest BCUT2D eigenvalue weighted by molar-refractivity contribution is -0.139. The van der Waals surface area contributed by atoms with Crippen LogP contribution in [0.5, 0.6) is 0 Å². The number of hydrogen-bond donors (Lipinski definition) is 1. The fourth-order valence-corrected chi connectivity index (χ4v) is 5.16. The van der Waals surface area contributed by atoms with Crippen molar-refractivity contribution in [3.05, 3.63) is 92.2 Å². The van der Waals surface area contributed by atoms with Gasteiger partial charge in [0, 0.05) is 35.7 Å². The molecule has 4 rings (SSSR count). The Bertz CT molecular complexity index is 1170. The molecule has 0 aromatic heterocycles. The van der Waals surface area contributed by atoms with Crippen LogP contribution in [0.25, 0.3) is 0 Å². The molecule has 2 aromatic rings. The summed E-state index contributed by atoms with van der Waals surface area (Å²) in [7, 11) is 0. The maximum atomic E-state index is 13.4. The number of rotatable bonds is 5. The molecular weight excluding hydrogens is 457 g/mol. The first-order valence-electron chi connectivity index (χ1n) is 11.1. The SMILES string of the molecule is CC1=C(C(=O)OCCc2ccccc2)C(c2cccc(Cl)c2Cl)C2=C(CC(C)(C)CC2=O)N1. The van der Waals surface area contributed by atoms with Crippen LogP contribution in [0, 0.1) is 5.41 Å². The van der Waals surface area contributed by atoms with Gasteiger partial charge >= 0.3 is 5.97 Å². The molecule has 4 nitrogen and oxygen atoms in total. The highest BCUT2D eigenvalue weighted by Gasteiger charge is 2.43. The quantitative estimate of drug-likeness (QED) is 0.500. The Morgan fingerprint density at radius 3 is 2.55 bits per heavy atom. The van der Waals surface area contributed by atoms with Crippen molar-refractivity contribution in [2.24, 2.45) is 5.41 Å². The highest BCUT2D eigenvalue weighted by molar-refractivity contribution is 6.42. The van der Waals surface area contributed by atoms with Crippen molar-refractivity contribution in [3.8, 4) is 0 Å². The molecule has 1 aliphatic heterocycles. The number of dihydropyridines is 1. The van der Waals surface area contributed by atoms with E-state index >= 15 is 0 Å². The van der Waals surface area contributed by atoms with Crippen LogP contribution in [-0.2, 0) is 20.7 Å². The number of Topliss-reactive ketones (excluding diaryl/α,β-unsaturated/α-hetero) is 1. The number of allylic oxidation sites excluding steroid dienone is 3. The molecule has 0 fully saturated rings. The zero-order valence-electron chi connectivity index (χ0n) is 19.0. The predicted octanol–water partition coefficient (Wildman–Crippen LogP) is 6.38. The lowest BCUT2D eigenvalue weighted by atomic mass is 9.68. The van der Waals surface area contributed by atoms with Gasteiger partial charge in [-0.05, 0) is 36.0 Å². The normalized spacial score (nSPS) is 19.8. The summed E-state index contributed by atoms with van der Waals surface area (Å²) < 4.78 is 5.69. The number of ether oxygens (including phenoxy) is 1. The molecule has 1 N–H and O–H groups in total. The highest BCUT2D eigenvalue weighted by atomic mass is 35.5. The van der Waals surface area contributed by atoms with Crippen LogP contribution in [-0.4, -0.2) is 18.4 Å². The molecule has 2 aliphatic rings. The molecule has 1 aliphatic carbocycles. The summed E-state index contributed by atoms with van der Waals surface area (Å²) in [5, 5.41) is 4.07. The molecule has 1 heterocycles. The second-order valence-corrected chi connectivity index (χ2v) is 10.2. The van der Waals surface area contributed by atoms with Gasteiger partial charge in [0.15, 0.2) is 5.78 Å². The predicted molar refractivity (Wildman–Crippen MR) is 131 cm³/mol. The first kappa shape index (κ1) is 23.6. The molecular formula is C27H27Cl2NO3. The largest absolute Gasteiger partial charge is 0.462 e. The van der Waals surface area contributed by atoms with Gasteiger partial charge in [-0.3, -0.25) is 4.79 Å². The molecule has 0 spiro atoms. The second kappa shape index (κ2) is 9.36. The third-order valence-electron chi connectivity index (χ3n) is 6.22. The van der Waals surface area contributed by atoms with Crippen LogP contribution < -0.4 is 5.32 Å². The summed E-state index contributed by atoms with van der Waals surface area (Å²) in [4.78, 5) is 26.7. The minimum atomic E-state index is -0.625. The summed E-state index contributed by atoms with van der Waals surface area (Å²) in [6.45, 7) is 6.23. The Morgan fingerprint density at radius 1 is 1.09 bits per heavy atom. The van der Waals surface area contributed by atoms with E-state index < -0.39 is 11.9 Å². The fraction of sp³-hybridized carbons (Fsp3) is 0.333. The molecule has 0 bridgehead atoms. The summed E-state index contributed by atoms with van der Waals surface area (Å²) in [5.41, 5.74) is 4.06. The summed E-state index contributed by atoms with van der Waals surface area (Å²) >= 11 is 12.9. The number of nitrogens with one attached hydrogen (secondary N) is 1. The van der Waals surface area contributed by atoms with Crippen molar-refractivity contribution < 1.29 is 14.3 Å². The van der Waals surface area contributed by atoms with Gasteiger partial charge in [-0.2, -0.15) is 0 Å². The van der Waals surface area contributed by atoms with E-state index in [1.807, 2.05) is 43.3 Å². The minimum absolute atomic E-state index is 0.0110. The first-order chi connectivity index (χ1) is 15.7. The Morgan fingerprint density at radius 2 is 1.82 bits per heavy atom. The molecule has 172 valence electrons. The summed E-state index contributed by atoms with van der Waals surface area (Å²) in [6, 6.07) is 15.2. The van der Waals surface area contributed by atoms with Crippen LogP contribution >= 0.6 is 23.2 Å². The molecule has 33 heavy (non-hydrogen) atoms. The third kappa shape index (κ3) is 4.87. The molecule has 6 heteroatoms. The number of carbonyl (C=O) groups is 2. The lowest BCUT2D eigenvalue weighted by Crippen LogP contribution is -2.38. The van der Waals surface area contributed by atoms with Crippen molar-refractivity contribution in [1.29, 1.82) is 0 Å². The minimum Gasteiger partial charge on any atom is -0.462 e. The maximum Gasteiger partial charge on any atom is 0.336 e. The Balaban J connectivity index is 1.71.